The summed E-state index contributed by atoms with van der Waals surface area (Å²) in [6.07, 6.45) is 0. The number of hydrogen-bond acceptors (Lipinski definition) is 1. The third-order valence-corrected chi connectivity index (χ3v) is 10.9. The topological polar surface area (TPSA) is 0 Å². The quantitative estimate of drug-likeness (QED) is 0.183. The van der Waals surface area contributed by atoms with Crippen molar-refractivity contribution in [2.45, 2.75) is 26.2 Å². The minimum atomic E-state index is -0.0396. The Labute approximate surface area is 255 Å². The molecule has 1 aromatic heterocycles. The van der Waals surface area contributed by atoms with E-state index in [1.807, 2.05) is 11.3 Å². The van der Waals surface area contributed by atoms with Crippen molar-refractivity contribution in [2.24, 2.45) is 0 Å². The van der Waals surface area contributed by atoms with E-state index in [1.54, 1.807) is 0 Å². The second kappa shape index (κ2) is 8.89. The zero-order valence-electron chi connectivity index (χ0n) is 24.5. The summed E-state index contributed by atoms with van der Waals surface area (Å²) in [5.74, 6) is 0. The SMILES string of the molecule is Cc1ccc2c(-c3ccc4sc5ccccc5c4c3)c3ccccc3c(-c3cccc4c3-c3ccccc3C4(C)C)c2c1. The van der Waals surface area contributed by atoms with Gasteiger partial charge in [-0.05, 0) is 91.2 Å². The molecule has 8 aromatic rings. The Morgan fingerprint density at radius 3 is 1.95 bits per heavy atom. The monoisotopic (exact) mass is 566 g/mol. The van der Waals surface area contributed by atoms with Crippen molar-refractivity contribution in [3.8, 4) is 33.4 Å². The summed E-state index contributed by atoms with van der Waals surface area (Å²) in [5.41, 5.74) is 12.1. The molecule has 0 nitrogen and oxygen atoms in total. The Balaban J connectivity index is 1.42. The standard InChI is InChI=1S/C42H30S/c1-25-19-21-30-34(23-25)40(32-15-10-17-36-41(32)31-14-6-8-16-35(31)42(36,2)3)29-13-5-4-12-28(29)39(30)26-20-22-38-33(24-26)27-11-7-9-18-37(27)43-38/h4-24H,1-3H3. The van der Waals surface area contributed by atoms with Crippen molar-refractivity contribution in [1.29, 1.82) is 0 Å². The lowest BCUT2D eigenvalue weighted by molar-refractivity contribution is 0.660. The van der Waals surface area contributed by atoms with Crippen molar-refractivity contribution >= 4 is 53.1 Å². The summed E-state index contributed by atoms with van der Waals surface area (Å²) in [6.45, 7) is 6.96. The zero-order chi connectivity index (χ0) is 28.9. The molecule has 0 saturated carbocycles. The minimum Gasteiger partial charge on any atom is -0.135 e. The lowest BCUT2D eigenvalue weighted by Gasteiger charge is -2.23. The Morgan fingerprint density at radius 1 is 0.442 bits per heavy atom. The summed E-state index contributed by atoms with van der Waals surface area (Å²) in [6, 6.07) is 47.9. The molecule has 7 aromatic carbocycles. The highest BCUT2D eigenvalue weighted by Gasteiger charge is 2.37. The van der Waals surface area contributed by atoms with E-state index in [0.29, 0.717) is 0 Å². The molecule has 9 rings (SSSR count). The average Bonchev–Trinajstić information content (AvgIpc) is 3.52. The van der Waals surface area contributed by atoms with Crippen LogP contribution in [0.5, 0.6) is 0 Å². The van der Waals surface area contributed by atoms with Crippen molar-refractivity contribution < 1.29 is 0 Å². The third kappa shape index (κ3) is 3.43. The molecule has 0 unspecified atom stereocenters. The first-order chi connectivity index (χ1) is 21.0. The first kappa shape index (κ1) is 24.8. The Morgan fingerprint density at radius 2 is 1.09 bits per heavy atom. The van der Waals surface area contributed by atoms with Gasteiger partial charge < -0.3 is 0 Å². The van der Waals surface area contributed by atoms with Crippen molar-refractivity contribution in [3.63, 3.8) is 0 Å². The lowest BCUT2D eigenvalue weighted by atomic mass is 9.80. The van der Waals surface area contributed by atoms with Gasteiger partial charge in [0.25, 0.3) is 0 Å². The van der Waals surface area contributed by atoms with Gasteiger partial charge in [0.1, 0.15) is 0 Å². The third-order valence-electron chi connectivity index (χ3n) is 9.72. The fourth-order valence-electron chi connectivity index (χ4n) is 7.74. The van der Waals surface area contributed by atoms with Gasteiger partial charge in [-0.1, -0.05) is 129 Å². The van der Waals surface area contributed by atoms with Gasteiger partial charge in [0.2, 0.25) is 0 Å². The van der Waals surface area contributed by atoms with Crippen LogP contribution in [-0.4, -0.2) is 0 Å². The van der Waals surface area contributed by atoms with E-state index in [0.717, 1.165) is 0 Å². The van der Waals surface area contributed by atoms with E-state index < -0.39 is 0 Å². The molecule has 0 saturated heterocycles. The van der Waals surface area contributed by atoms with E-state index in [-0.39, 0.29) is 5.41 Å². The van der Waals surface area contributed by atoms with Crippen LogP contribution in [0.15, 0.2) is 127 Å². The van der Waals surface area contributed by atoms with Crippen LogP contribution in [0.2, 0.25) is 0 Å². The molecule has 0 aliphatic heterocycles. The maximum absolute atomic E-state index is 2.42. The van der Waals surface area contributed by atoms with Gasteiger partial charge in [0.05, 0.1) is 0 Å². The van der Waals surface area contributed by atoms with Crippen LogP contribution in [0, 0.1) is 6.92 Å². The zero-order valence-corrected chi connectivity index (χ0v) is 25.3. The van der Waals surface area contributed by atoms with Crippen molar-refractivity contribution in [2.75, 3.05) is 0 Å². The summed E-state index contributed by atoms with van der Waals surface area (Å²) < 4.78 is 2.68. The smallest absolute Gasteiger partial charge is 0.0355 e. The number of aryl methyl sites for hydroxylation is 1. The molecule has 1 heterocycles. The van der Waals surface area contributed by atoms with E-state index in [1.165, 1.54) is 91.8 Å². The van der Waals surface area contributed by atoms with Gasteiger partial charge >= 0.3 is 0 Å². The lowest BCUT2D eigenvalue weighted by Crippen LogP contribution is -2.14. The van der Waals surface area contributed by atoms with Gasteiger partial charge in [0, 0.05) is 25.6 Å². The number of benzene rings is 7. The van der Waals surface area contributed by atoms with E-state index in [9.17, 15) is 0 Å². The van der Waals surface area contributed by atoms with E-state index in [4.69, 9.17) is 0 Å². The summed E-state index contributed by atoms with van der Waals surface area (Å²) in [4.78, 5) is 0. The fourth-order valence-corrected chi connectivity index (χ4v) is 8.82. The van der Waals surface area contributed by atoms with Crippen LogP contribution < -0.4 is 0 Å². The van der Waals surface area contributed by atoms with Gasteiger partial charge in [-0.25, -0.2) is 0 Å². The maximum atomic E-state index is 2.42. The minimum absolute atomic E-state index is 0.0396. The molecule has 0 N–H and O–H groups in total. The number of thiophene rings is 1. The summed E-state index contributed by atoms with van der Waals surface area (Å²) in [5, 5.41) is 7.91. The molecule has 0 amide bonds. The van der Waals surface area contributed by atoms with Crippen LogP contribution in [0.3, 0.4) is 0 Å². The van der Waals surface area contributed by atoms with Gasteiger partial charge in [0.15, 0.2) is 0 Å². The highest BCUT2D eigenvalue weighted by Crippen LogP contribution is 2.54. The highest BCUT2D eigenvalue weighted by molar-refractivity contribution is 7.25. The van der Waals surface area contributed by atoms with Crippen LogP contribution in [0.4, 0.5) is 0 Å². The molecular formula is C42H30S. The van der Waals surface area contributed by atoms with Crippen LogP contribution in [0.25, 0.3) is 75.1 Å². The Bertz CT molecular complexity index is 2440. The predicted molar refractivity (Wildman–Crippen MR) is 188 cm³/mol. The van der Waals surface area contributed by atoms with Crippen LogP contribution >= 0.6 is 11.3 Å². The molecule has 204 valence electrons. The molecule has 0 radical (unpaired) electrons. The second-order valence-electron chi connectivity index (χ2n) is 12.6. The predicted octanol–water partition coefficient (Wildman–Crippen LogP) is 12.3. The van der Waals surface area contributed by atoms with Gasteiger partial charge in [-0.3, -0.25) is 0 Å². The van der Waals surface area contributed by atoms with E-state index in [2.05, 4.69) is 148 Å². The highest BCUT2D eigenvalue weighted by atomic mass is 32.1. The fraction of sp³-hybridized carbons (Fsp3) is 0.0952. The maximum Gasteiger partial charge on any atom is 0.0355 e. The molecule has 0 spiro atoms. The number of hydrogen-bond donors (Lipinski definition) is 0. The average molecular weight is 567 g/mol. The van der Waals surface area contributed by atoms with Gasteiger partial charge in [-0.15, -0.1) is 11.3 Å². The molecule has 0 fully saturated rings. The second-order valence-corrected chi connectivity index (χ2v) is 13.6. The van der Waals surface area contributed by atoms with Crippen LogP contribution in [-0.2, 0) is 5.41 Å². The van der Waals surface area contributed by atoms with Crippen molar-refractivity contribution in [1.82, 2.24) is 0 Å². The van der Waals surface area contributed by atoms with Gasteiger partial charge in [-0.2, -0.15) is 0 Å². The van der Waals surface area contributed by atoms with Crippen molar-refractivity contribution in [3.05, 3.63) is 144 Å². The number of rotatable bonds is 2. The molecule has 0 atom stereocenters. The first-order valence-corrected chi connectivity index (χ1v) is 15.9. The summed E-state index contributed by atoms with van der Waals surface area (Å²) >= 11 is 1.88. The Kier molecular flexibility index (Phi) is 5.14. The normalized spacial score (nSPS) is 13.7. The van der Waals surface area contributed by atoms with Crippen LogP contribution in [0.1, 0.15) is 30.5 Å². The number of fused-ring (bicyclic) bond motifs is 8. The molecule has 43 heavy (non-hydrogen) atoms. The first-order valence-electron chi connectivity index (χ1n) is 15.1. The largest absolute Gasteiger partial charge is 0.135 e. The molecule has 0 bridgehead atoms. The van der Waals surface area contributed by atoms with E-state index >= 15 is 0 Å². The Hall–Kier alpha value is -4.72. The molecule has 1 aliphatic rings. The molecule has 1 heteroatoms. The summed E-state index contributed by atoms with van der Waals surface area (Å²) in [7, 11) is 0. The molecule has 1 aliphatic carbocycles. The molecular weight excluding hydrogens is 537 g/mol.